The van der Waals surface area contributed by atoms with Crippen LogP contribution in [0.4, 0.5) is 4.39 Å². The molecule has 0 bridgehead atoms. The van der Waals surface area contributed by atoms with Crippen molar-refractivity contribution in [3.05, 3.63) is 35.6 Å². The van der Waals surface area contributed by atoms with E-state index in [1.54, 1.807) is 16.4 Å². The van der Waals surface area contributed by atoms with Crippen LogP contribution in [-0.4, -0.2) is 75.2 Å². The first-order valence-corrected chi connectivity index (χ1v) is 12.5. The Labute approximate surface area is 202 Å². The van der Waals surface area contributed by atoms with Gasteiger partial charge >= 0.3 is 0 Å². The van der Waals surface area contributed by atoms with Crippen LogP contribution in [0, 0.1) is 11.7 Å². The molecule has 0 amide bonds. The fourth-order valence-corrected chi connectivity index (χ4v) is 4.92. The molecule has 2 aliphatic heterocycles. The van der Waals surface area contributed by atoms with Gasteiger partial charge in [0.15, 0.2) is 5.96 Å². The van der Waals surface area contributed by atoms with Gasteiger partial charge in [0, 0.05) is 32.7 Å². The number of ether oxygens (including phenoxy) is 1. The van der Waals surface area contributed by atoms with Gasteiger partial charge in [-0.25, -0.2) is 17.1 Å². The highest BCUT2D eigenvalue weighted by atomic mass is 127. The van der Waals surface area contributed by atoms with Crippen LogP contribution in [-0.2, 0) is 14.8 Å². The summed E-state index contributed by atoms with van der Waals surface area (Å²) in [7, 11) is -3.11. The number of benzene rings is 1. The van der Waals surface area contributed by atoms with Crippen LogP contribution in [0.2, 0.25) is 0 Å². The number of halogens is 2. The van der Waals surface area contributed by atoms with E-state index in [1.807, 2.05) is 13.8 Å². The van der Waals surface area contributed by atoms with Gasteiger partial charge in [0.05, 0.1) is 18.9 Å². The summed E-state index contributed by atoms with van der Waals surface area (Å²) in [6.07, 6.45) is 2.81. The molecule has 176 valence electrons. The van der Waals surface area contributed by atoms with E-state index in [-0.39, 0.29) is 42.0 Å². The lowest BCUT2D eigenvalue weighted by molar-refractivity contribution is -0.0605. The van der Waals surface area contributed by atoms with E-state index in [0.29, 0.717) is 32.1 Å². The van der Waals surface area contributed by atoms with Crippen LogP contribution in [0.3, 0.4) is 0 Å². The molecular formula is C21H34FIN4O3S. The number of piperidine rings is 1. The fourth-order valence-electron chi connectivity index (χ4n) is 4.05. The standard InChI is InChI=1S/C21H33FN4O3S.HI/c1-4-23-21(24-13-17-9-11-26(12-10-17)30(3,27)28)25-14-16(2)29-20(15-25)18-5-7-19(22)8-6-18;/h5-8,16-17,20H,4,9-15H2,1-3H3,(H,23,24);1H. The number of nitrogens with zero attached hydrogens (tertiary/aromatic N) is 3. The van der Waals surface area contributed by atoms with Crippen LogP contribution >= 0.6 is 24.0 Å². The quantitative estimate of drug-likeness (QED) is 0.336. The maximum Gasteiger partial charge on any atom is 0.211 e. The van der Waals surface area contributed by atoms with E-state index in [0.717, 1.165) is 37.5 Å². The lowest BCUT2D eigenvalue weighted by atomic mass is 9.98. The van der Waals surface area contributed by atoms with Gasteiger partial charge in [-0.2, -0.15) is 0 Å². The molecule has 3 rings (SSSR count). The van der Waals surface area contributed by atoms with E-state index in [2.05, 4.69) is 10.2 Å². The first kappa shape index (κ1) is 26.3. The zero-order valence-electron chi connectivity index (χ0n) is 18.5. The molecule has 0 aliphatic carbocycles. The average Bonchev–Trinajstić information content (AvgIpc) is 2.71. The fraction of sp³-hybridized carbons (Fsp3) is 0.667. The normalized spacial score (nSPS) is 24.0. The third-order valence-electron chi connectivity index (χ3n) is 5.68. The molecule has 2 heterocycles. The van der Waals surface area contributed by atoms with Crippen LogP contribution in [0.25, 0.3) is 0 Å². The van der Waals surface area contributed by atoms with Crippen molar-refractivity contribution in [2.45, 2.75) is 38.9 Å². The maximum atomic E-state index is 13.3. The first-order valence-electron chi connectivity index (χ1n) is 10.7. The first-order chi connectivity index (χ1) is 14.3. The minimum atomic E-state index is -3.11. The molecular weight excluding hydrogens is 534 g/mol. The molecule has 0 radical (unpaired) electrons. The van der Waals surface area contributed by atoms with E-state index in [1.165, 1.54) is 18.4 Å². The number of nitrogens with one attached hydrogen (secondary N) is 1. The molecule has 7 nitrogen and oxygen atoms in total. The summed E-state index contributed by atoms with van der Waals surface area (Å²) < 4.78 is 44.3. The molecule has 1 N–H and O–H groups in total. The smallest absolute Gasteiger partial charge is 0.211 e. The minimum absolute atomic E-state index is 0. The summed E-state index contributed by atoms with van der Waals surface area (Å²) in [4.78, 5) is 7.08. The van der Waals surface area contributed by atoms with Crippen LogP contribution in [0.15, 0.2) is 29.3 Å². The van der Waals surface area contributed by atoms with Crippen molar-refractivity contribution in [1.29, 1.82) is 0 Å². The maximum absolute atomic E-state index is 13.3. The van der Waals surface area contributed by atoms with Crippen LogP contribution < -0.4 is 5.32 Å². The zero-order chi connectivity index (χ0) is 21.7. The second-order valence-electron chi connectivity index (χ2n) is 8.19. The lowest BCUT2D eigenvalue weighted by Crippen LogP contribution is -2.51. The Morgan fingerprint density at radius 1 is 1.23 bits per heavy atom. The number of hydrogen-bond donors (Lipinski definition) is 1. The molecule has 2 saturated heterocycles. The van der Waals surface area contributed by atoms with Crippen molar-refractivity contribution in [1.82, 2.24) is 14.5 Å². The van der Waals surface area contributed by atoms with Gasteiger partial charge in [0.25, 0.3) is 0 Å². The van der Waals surface area contributed by atoms with E-state index < -0.39 is 10.0 Å². The Balaban J connectivity index is 0.00000341. The van der Waals surface area contributed by atoms with E-state index in [4.69, 9.17) is 9.73 Å². The molecule has 10 heteroatoms. The summed E-state index contributed by atoms with van der Waals surface area (Å²) in [5.74, 6) is 0.976. The average molecular weight is 568 g/mol. The monoisotopic (exact) mass is 568 g/mol. The Bertz CT molecular complexity index is 830. The summed E-state index contributed by atoms with van der Waals surface area (Å²) in [5, 5.41) is 3.38. The van der Waals surface area contributed by atoms with Crippen molar-refractivity contribution >= 4 is 40.0 Å². The molecule has 0 saturated carbocycles. The van der Waals surface area contributed by atoms with Crippen LogP contribution in [0.5, 0.6) is 0 Å². The highest BCUT2D eigenvalue weighted by Crippen LogP contribution is 2.26. The number of sulfonamides is 1. The summed E-state index contributed by atoms with van der Waals surface area (Å²) in [6, 6.07) is 6.47. The molecule has 2 aliphatic rings. The Kier molecular flexibility index (Phi) is 9.97. The molecule has 1 aromatic rings. The third kappa shape index (κ3) is 7.54. The van der Waals surface area contributed by atoms with Crippen molar-refractivity contribution in [2.24, 2.45) is 10.9 Å². The predicted molar refractivity (Wildman–Crippen MR) is 132 cm³/mol. The number of hydrogen-bond acceptors (Lipinski definition) is 4. The van der Waals surface area contributed by atoms with Crippen molar-refractivity contribution < 1.29 is 17.5 Å². The lowest BCUT2D eigenvalue weighted by Gasteiger charge is -2.39. The zero-order valence-corrected chi connectivity index (χ0v) is 21.6. The number of morpholine rings is 1. The van der Waals surface area contributed by atoms with Gasteiger partial charge in [-0.3, -0.25) is 4.99 Å². The topological polar surface area (TPSA) is 74.2 Å². The SMILES string of the molecule is CCNC(=NCC1CCN(S(C)(=O)=O)CC1)N1CC(C)OC(c2ccc(F)cc2)C1.I. The molecule has 2 atom stereocenters. The van der Waals surface area contributed by atoms with Gasteiger partial charge in [-0.05, 0) is 50.3 Å². The van der Waals surface area contributed by atoms with Gasteiger partial charge in [0.2, 0.25) is 10.0 Å². The molecule has 31 heavy (non-hydrogen) atoms. The van der Waals surface area contributed by atoms with Crippen molar-refractivity contribution in [3.63, 3.8) is 0 Å². The Hall–Kier alpha value is -0.980. The second kappa shape index (κ2) is 11.8. The minimum Gasteiger partial charge on any atom is -0.367 e. The highest BCUT2D eigenvalue weighted by Gasteiger charge is 2.29. The van der Waals surface area contributed by atoms with Gasteiger partial charge in [-0.1, -0.05) is 12.1 Å². The third-order valence-corrected chi connectivity index (χ3v) is 6.98. The number of aliphatic imine (C=N–C) groups is 1. The largest absolute Gasteiger partial charge is 0.367 e. The molecule has 0 spiro atoms. The number of rotatable bonds is 5. The molecule has 1 aromatic carbocycles. The summed E-state index contributed by atoms with van der Waals surface area (Å²) in [6.45, 7) is 8.03. The summed E-state index contributed by atoms with van der Waals surface area (Å²) >= 11 is 0. The van der Waals surface area contributed by atoms with Gasteiger partial charge in [0.1, 0.15) is 11.9 Å². The molecule has 2 fully saturated rings. The van der Waals surface area contributed by atoms with Crippen LogP contribution in [0.1, 0.15) is 38.4 Å². The van der Waals surface area contributed by atoms with E-state index >= 15 is 0 Å². The highest BCUT2D eigenvalue weighted by molar-refractivity contribution is 14.0. The van der Waals surface area contributed by atoms with Crippen molar-refractivity contribution in [3.8, 4) is 0 Å². The van der Waals surface area contributed by atoms with E-state index in [9.17, 15) is 12.8 Å². The second-order valence-corrected chi connectivity index (χ2v) is 10.2. The molecule has 0 aromatic heterocycles. The van der Waals surface area contributed by atoms with Gasteiger partial charge < -0.3 is 15.0 Å². The Morgan fingerprint density at radius 2 is 1.87 bits per heavy atom. The van der Waals surface area contributed by atoms with Gasteiger partial charge in [-0.15, -0.1) is 24.0 Å². The van der Waals surface area contributed by atoms with Crippen molar-refractivity contribution in [2.75, 3.05) is 45.5 Å². The summed E-state index contributed by atoms with van der Waals surface area (Å²) in [5.41, 5.74) is 0.956. The number of guanidine groups is 1. The Morgan fingerprint density at radius 3 is 2.45 bits per heavy atom. The molecule has 2 unspecified atom stereocenters. The predicted octanol–water partition coefficient (Wildman–Crippen LogP) is 2.84.